The molecule has 2 rings (SSSR count). The molecule has 0 fully saturated rings. The van der Waals surface area contributed by atoms with E-state index in [0.29, 0.717) is 10.0 Å². The normalized spacial score (nSPS) is 16.7. The van der Waals surface area contributed by atoms with Gasteiger partial charge in [0.15, 0.2) is 0 Å². The van der Waals surface area contributed by atoms with Gasteiger partial charge in [-0.15, -0.1) is 0 Å². The second-order valence-electron chi connectivity index (χ2n) is 4.86. The lowest BCUT2D eigenvalue weighted by Gasteiger charge is -2.32. The molecule has 1 aromatic carbocycles. The van der Waals surface area contributed by atoms with E-state index >= 15 is 0 Å². The summed E-state index contributed by atoms with van der Waals surface area (Å²) in [5.74, 6) is 1.07. The summed E-state index contributed by atoms with van der Waals surface area (Å²) < 4.78 is 0.810. The van der Waals surface area contributed by atoms with Gasteiger partial charge in [0, 0.05) is 0 Å². The first-order chi connectivity index (χ1) is 9.13. The van der Waals surface area contributed by atoms with Gasteiger partial charge in [-0.25, -0.2) is 4.48 Å². The van der Waals surface area contributed by atoms with Crippen LogP contribution in [0.15, 0.2) is 35.6 Å². The van der Waals surface area contributed by atoms with E-state index in [1.165, 1.54) is 0 Å². The van der Waals surface area contributed by atoms with Crippen molar-refractivity contribution in [3.8, 4) is 0 Å². The summed E-state index contributed by atoms with van der Waals surface area (Å²) in [5.41, 5.74) is 1.06. The Morgan fingerprint density at radius 2 is 1.74 bits per heavy atom. The second kappa shape index (κ2) is 6.08. The van der Waals surface area contributed by atoms with Crippen LogP contribution < -0.4 is 0 Å². The Kier molecular flexibility index (Phi) is 4.67. The SMILES string of the molecule is CCC[N+]1(CCC)C=CN=C1c1ccc(Cl)c(Cl)c1. The molecular weight excluding hydrogens is 279 g/mol. The van der Waals surface area contributed by atoms with Gasteiger partial charge >= 0.3 is 0 Å². The molecule has 19 heavy (non-hydrogen) atoms. The first kappa shape index (κ1) is 14.6. The fourth-order valence-electron chi connectivity index (χ4n) is 2.65. The predicted octanol–water partition coefficient (Wildman–Crippen LogP) is 4.86. The summed E-state index contributed by atoms with van der Waals surface area (Å²) in [7, 11) is 0. The van der Waals surface area contributed by atoms with Crippen LogP contribution in [0.25, 0.3) is 0 Å². The van der Waals surface area contributed by atoms with Crippen LogP contribution in [0.3, 0.4) is 0 Å². The van der Waals surface area contributed by atoms with Crippen molar-refractivity contribution in [2.24, 2.45) is 4.99 Å². The molecule has 0 saturated carbocycles. The molecule has 1 aliphatic rings. The maximum atomic E-state index is 6.13. The Morgan fingerprint density at radius 3 is 2.32 bits per heavy atom. The average Bonchev–Trinajstić information content (AvgIpc) is 2.77. The van der Waals surface area contributed by atoms with Crippen molar-refractivity contribution in [3.05, 3.63) is 46.2 Å². The topological polar surface area (TPSA) is 12.4 Å². The van der Waals surface area contributed by atoms with Crippen LogP contribution in [0.4, 0.5) is 0 Å². The Bertz CT molecular complexity index is 515. The minimum atomic E-state index is 0.583. The standard InChI is InChI=1S/C15H19Cl2N2/c1-3-8-19(9-4-2)10-7-18-15(19)12-5-6-13(16)14(17)11-12/h5-7,10-11H,3-4,8-9H2,1-2H3/q+1. The lowest BCUT2D eigenvalue weighted by Crippen LogP contribution is -2.48. The summed E-state index contributed by atoms with van der Waals surface area (Å²) in [6, 6.07) is 5.75. The molecule has 0 saturated heterocycles. The smallest absolute Gasteiger partial charge is 0.239 e. The summed E-state index contributed by atoms with van der Waals surface area (Å²) in [6.45, 7) is 6.52. The van der Waals surface area contributed by atoms with Gasteiger partial charge in [0.2, 0.25) is 5.84 Å². The number of quaternary nitrogens is 1. The number of rotatable bonds is 5. The van der Waals surface area contributed by atoms with Crippen LogP contribution in [0.1, 0.15) is 32.3 Å². The first-order valence-corrected chi connectivity index (χ1v) is 7.47. The first-order valence-electron chi connectivity index (χ1n) is 6.71. The second-order valence-corrected chi connectivity index (χ2v) is 5.68. The molecule has 1 aromatic rings. The quantitative estimate of drug-likeness (QED) is 0.688. The van der Waals surface area contributed by atoms with Crippen molar-refractivity contribution in [1.29, 1.82) is 0 Å². The van der Waals surface area contributed by atoms with E-state index in [4.69, 9.17) is 23.2 Å². The number of benzene rings is 1. The number of hydrogen-bond acceptors (Lipinski definition) is 1. The van der Waals surface area contributed by atoms with Crippen molar-refractivity contribution < 1.29 is 4.48 Å². The highest BCUT2D eigenvalue weighted by molar-refractivity contribution is 6.42. The van der Waals surface area contributed by atoms with Crippen molar-refractivity contribution >= 4 is 29.0 Å². The maximum absolute atomic E-state index is 6.13. The van der Waals surface area contributed by atoms with Crippen molar-refractivity contribution in [2.75, 3.05) is 13.1 Å². The summed E-state index contributed by atoms with van der Waals surface area (Å²) in [4.78, 5) is 4.57. The maximum Gasteiger partial charge on any atom is 0.239 e. The van der Waals surface area contributed by atoms with E-state index in [1.54, 1.807) is 0 Å². The third-order valence-corrected chi connectivity index (χ3v) is 4.13. The van der Waals surface area contributed by atoms with E-state index in [0.717, 1.165) is 41.8 Å². The van der Waals surface area contributed by atoms with E-state index in [2.05, 4.69) is 25.0 Å². The van der Waals surface area contributed by atoms with Gasteiger partial charge in [-0.05, 0) is 31.0 Å². The number of aliphatic imine (C=N–C) groups is 1. The molecule has 0 bridgehead atoms. The highest BCUT2D eigenvalue weighted by Crippen LogP contribution is 2.28. The molecule has 1 aliphatic heterocycles. The molecule has 0 amide bonds. The fourth-order valence-corrected chi connectivity index (χ4v) is 2.95. The lowest BCUT2D eigenvalue weighted by molar-refractivity contribution is -0.785. The summed E-state index contributed by atoms with van der Waals surface area (Å²) >= 11 is 12.1. The average molecular weight is 298 g/mol. The van der Waals surface area contributed by atoms with Gasteiger partial charge in [0.1, 0.15) is 6.20 Å². The Balaban J connectivity index is 2.39. The van der Waals surface area contributed by atoms with Crippen molar-refractivity contribution in [3.63, 3.8) is 0 Å². The third-order valence-electron chi connectivity index (χ3n) is 3.39. The third kappa shape index (κ3) is 2.86. The molecule has 0 aromatic heterocycles. The van der Waals surface area contributed by atoms with Crippen molar-refractivity contribution in [2.45, 2.75) is 26.7 Å². The zero-order valence-corrected chi connectivity index (χ0v) is 12.9. The molecule has 0 aliphatic carbocycles. The lowest BCUT2D eigenvalue weighted by atomic mass is 10.1. The number of halogens is 2. The van der Waals surface area contributed by atoms with Crippen LogP contribution in [0.2, 0.25) is 10.0 Å². The zero-order chi connectivity index (χ0) is 13.9. The van der Waals surface area contributed by atoms with Crippen LogP contribution in [0.5, 0.6) is 0 Å². The molecule has 1 heterocycles. The van der Waals surface area contributed by atoms with Gasteiger partial charge in [0.25, 0.3) is 0 Å². The van der Waals surface area contributed by atoms with E-state index in [1.807, 2.05) is 24.4 Å². The molecule has 0 radical (unpaired) electrons. The number of nitrogens with zero attached hydrogens (tertiary/aromatic N) is 2. The predicted molar refractivity (Wildman–Crippen MR) is 82.7 cm³/mol. The van der Waals surface area contributed by atoms with E-state index in [-0.39, 0.29) is 0 Å². The summed E-state index contributed by atoms with van der Waals surface area (Å²) in [5, 5.41) is 1.17. The highest BCUT2D eigenvalue weighted by Gasteiger charge is 2.35. The Morgan fingerprint density at radius 1 is 1.05 bits per heavy atom. The largest absolute Gasteiger partial charge is 0.247 e. The van der Waals surface area contributed by atoms with Gasteiger partial charge in [0.05, 0.1) is 34.9 Å². The van der Waals surface area contributed by atoms with Gasteiger partial charge in [-0.3, -0.25) is 0 Å². The van der Waals surface area contributed by atoms with Gasteiger partial charge in [-0.1, -0.05) is 37.0 Å². The number of hydrogen-bond donors (Lipinski definition) is 0. The van der Waals surface area contributed by atoms with Crippen LogP contribution in [-0.4, -0.2) is 23.4 Å². The van der Waals surface area contributed by atoms with Gasteiger partial charge < -0.3 is 0 Å². The highest BCUT2D eigenvalue weighted by atomic mass is 35.5. The molecule has 0 N–H and O–H groups in total. The Hall–Kier alpha value is -0.830. The van der Waals surface area contributed by atoms with Crippen LogP contribution in [-0.2, 0) is 0 Å². The van der Waals surface area contributed by atoms with Crippen LogP contribution >= 0.6 is 23.2 Å². The molecule has 4 heteroatoms. The van der Waals surface area contributed by atoms with Gasteiger partial charge in [-0.2, -0.15) is 4.99 Å². The minimum absolute atomic E-state index is 0.583. The molecular formula is C15H19Cl2N2+. The molecule has 102 valence electrons. The number of amidine groups is 1. The minimum Gasteiger partial charge on any atom is -0.247 e. The monoisotopic (exact) mass is 297 g/mol. The Labute approximate surface area is 124 Å². The van der Waals surface area contributed by atoms with Crippen molar-refractivity contribution in [1.82, 2.24) is 0 Å². The zero-order valence-electron chi connectivity index (χ0n) is 11.4. The van der Waals surface area contributed by atoms with E-state index < -0.39 is 0 Å². The van der Waals surface area contributed by atoms with E-state index in [9.17, 15) is 0 Å². The molecule has 2 nitrogen and oxygen atoms in total. The molecule has 0 spiro atoms. The molecule has 0 unspecified atom stereocenters. The molecule has 0 atom stereocenters. The van der Waals surface area contributed by atoms with Crippen LogP contribution in [0, 0.1) is 0 Å². The summed E-state index contributed by atoms with van der Waals surface area (Å²) in [6.07, 6.45) is 6.32. The fraction of sp³-hybridized carbons (Fsp3) is 0.400.